The molecule has 0 bridgehead atoms. The summed E-state index contributed by atoms with van der Waals surface area (Å²) in [5.41, 5.74) is 1.25. The molecule has 1 aliphatic heterocycles. The number of hydrogen-bond donors (Lipinski definition) is 1. The van der Waals surface area contributed by atoms with E-state index in [-0.39, 0.29) is 0 Å². The van der Waals surface area contributed by atoms with Crippen LogP contribution in [-0.4, -0.2) is 42.6 Å². The van der Waals surface area contributed by atoms with E-state index in [2.05, 4.69) is 29.4 Å². The molecule has 2 rings (SSSR count). The van der Waals surface area contributed by atoms with Crippen molar-refractivity contribution in [2.24, 2.45) is 0 Å². The van der Waals surface area contributed by atoms with Gasteiger partial charge in [0.15, 0.2) is 0 Å². The fraction of sp³-hybridized carbons (Fsp3) is 0.769. The van der Waals surface area contributed by atoms with E-state index in [1.165, 1.54) is 30.2 Å². The van der Waals surface area contributed by atoms with E-state index in [9.17, 15) is 0 Å². The Labute approximate surface area is 108 Å². The minimum atomic E-state index is 0.670. The van der Waals surface area contributed by atoms with Gasteiger partial charge in [-0.3, -0.25) is 0 Å². The molecule has 4 heteroatoms. The van der Waals surface area contributed by atoms with Crippen molar-refractivity contribution in [2.45, 2.75) is 38.6 Å². The Kier molecular flexibility index (Phi) is 4.54. The number of aromatic nitrogens is 1. The molecule has 1 fully saturated rings. The minimum Gasteiger partial charge on any atom is -0.319 e. The molecule has 1 aromatic heterocycles. The summed E-state index contributed by atoms with van der Waals surface area (Å²) in [6, 6.07) is 0.670. The quantitative estimate of drug-likeness (QED) is 0.871. The summed E-state index contributed by atoms with van der Waals surface area (Å²) in [6.45, 7) is 8.00. The van der Waals surface area contributed by atoms with Crippen LogP contribution in [0.2, 0.25) is 0 Å². The molecular formula is C13H23N3S. The van der Waals surface area contributed by atoms with Gasteiger partial charge in [-0.15, -0.1) is 11.3 Å². The van der Waals surface area contributed by atoms with E-state index < -0.39 is 0 Å². The number of nitrogens with zero attached hydrogens (tertiary/aromatic N) is 2. The number of likely N-dealkylation sites (N-methyl/N-ethyl adjacent to an activating group) is 1. The molecule has 1 aliphatic rings. The molecule has 96 valence electrons. The molecular weight excluding hydrogens is 230 g/mol. The lowest BCUT2D eigenvalue weighted by atomic mass is 10.1. The summed E-state index contributed by atoms with van der Waals surface area (Å²) in [5, 5.41) is 6.75. The molecule has 0 radical (unpaired) electrons. The van der Waals surface area contributed by atoms with Crippen LogP contribution in [0.25, 0.3) is 0 Å². The van der Waals surface area contributed by atoms with Crippen LogP contribution in [0.5, 0.6) is 0 Å². The Morgan fingerprint density at radius 3 is 3.06 bits per heavy atom. The maximum Gasteiger partial charge on any atom is 0.0972 e. The Hall–Kier alpha value is -0.450. The second-order valence-corrected chi connectivity index (χ2v) is 5.99. The molecule has 1 aromatic rings. The molecule has 1 saturated heterocycles. The van der Waals surface area contributed by atoms with Gasteiger partial charge >= 0.3 is 0 Å². The summed E-state index contributed by atoms with van der Waals surface area (Å²) in [4.78, 5) is 7.33. The highest BCUT2D eigenvalue weighted by molar-refractivity contribution is 7.09. The maximum absolute atomic E-state index is 4.78. The molecule has 1 atom stereocenters. The lowest BCUT2D eigenvalue weighted by molar-refractivity contribution is 0.272. The Morgan fingerprint density at radius 1 is 1.59 bits per heavy atom. The van der Waals surface area contributed by atoms with Gasteiger partial charge in [-0.25, -0.2) is 4.98 Å². The van der Waals surface area contributed by atoms with Crippen LogP contribution in [0.3, 0.4) is 0 Å². The van der Waals surface area contributed by atoms with Crippen molar-refractivity contribution < 1.29 is 0 Å². The molecule has 0 aromatic carbocycles. The second-order valence-electron chi connectivity index (χ2n) is 5.10. The lowest BCUT2D eigenvalue weighted by Gasteiger charge is -2.19. The molecule has 1 unspecified atom stereocenters. The number of rotatable bonds is 5. The van der Waals surface area contributed by atoms with Crippen molar-refractivity contribution in [3.63, 3.8) is 0 Å². The molecule has 0 saturated carbocycles. The van der Waals surface area contributed by atoms with Crippen molar-refractivity contribution in [1.29, 1.82) is 0 Å². The highest BCUT2D eigenvalue weighted by Gasteiger charge is 2.27. The third-order valence-electron chi connectivity index (χ3n) is 3.50. The fourth-order valence-corrected chi connectivity index (χ4v) is 3.32. The van der Waals surface area contributed by atoms with E-state index in [4.69, 9.17) is 4.98 Å². The van der Waals surface area contributed by atoms with Crippen LogP contribution in [0.1, 0.15) is 36.9 Å². The smallest absolute Gasteiger partial charge is 0.0972 e. The van der Waals surface area contributed by atoms with Crippen LogP contribution in [0.15, 0.2) is 5.38 Å². The first-order valence-electron chi connectivity index (χ1n) is 6.53. The molecule has 17 heavy (non-hydrogen) atoms. The van der Waals surface area contributed by atoms with Gasteiger partial charge in [0.05, 0.1) is 10.7 Å². The van der Waals surface area contributed by atoms with Crippen LogP contribution in [-0.2, 0) is 6.42 Å². The predicted molar refractivity (Wildman–Crippen MR) is 73.8 cm³/mol. The first kappa shape index (κ1) is 13.0. The van der Waals surface area contributed by atoms with Crippen LogP contribution < -0.4 is 5.32 Å². The average Bonchev–Trinajstić information content (AvgIpc) is 2.94. The molecule has 3 nitrogen and oxygen atoms in total. The Bertz CT molecular complexity index is 348. The number of nitrogens with one attached hydrogen (secondary N) is 1. The molecule has 0 spiro atoms. The summed E-state index contributed by atoms with van der Waals surface area (Å²) in [5.74, 6) is 0.672. The van der Waals surface area contributed by atoms with Crippen molar-refractivity contribution >= 4 is 11.3 Å². The Morgan fingerprint density at radius 2 is 2.41 bits per heavy atom. The summed E-state index contributed by atoms with van der Waals surface area (Å²) >= 11 is 1.85. The highest BCUT2D eigenvalue weighted by Crippen LogP contribution is 2.30. The SMILES string of the molecule is CNCCc1csc(C2CCN(C(C)C)C2)n1. The first-order valence-corrected chi connectivity index (χ1v) is 7.41. The minimum absolute atomic E-state index is 0.670. The number of likely N-dealkylation sites (tertiary alicyclic amines) is 1. The van der Waals surface area contributed by atoms with E-state index in [0.717, 1.165) is 13.0 Å². The van der Waals surface area contributed by atoms with Crippen LogP contribution in [0, 0.1) is 0 Å². The normalized spacial score (nSPS) is 21.5. The van der Waals surface area contributed by atoms with Crippen molar-refractivity contribution in [3.05, 3.63) is 16.1 Å². The Balaban J connectivity index is 1.92. The maximum atomic E-state index is 4.78. The van der Waals surface area contributed by atoms with Crippen LogP contribution in [0.4, 0.5) is 0 Å². The van der Waals surface area contributed by atoms with E-state index >= 15 is 0 Å². The topological polar surface area (TPSA) is 28.2 Å². The van der Waals surface area contributed by atoms with Gasteiger partial charge in [-0.2, -0.15) is 0 Å². The highest BCUT2D eigenvalue weighted by atomic mass is 32.1. The first-order chi connectivity index (χ1) is 8.20. The monoisotopic (exact) mass is 253 g/mol. The van der Waals surface area contributed by atoms with Crippen molar-refractivity contribution in [2.75, 3.05) is 26.7 Å². The van der Waals surface area contributed by atoms with Crippen LogP contribution >= 0.6 is 11.3 Å². The van der Waals surface area contributed by atoms with E-state index in [1.807, 2.05) is 18.4 Å². The van der Waals surface area contributed by atoms with Crippen molar-refractivity contribution in [3.8, 4) is 0 Å². The van der Waals surface area contributed by atoms with Gasteiger partial charge in [0, 0.05) is 36.9 Å². The summed E-state index contributed by atoms with van der Waals surface area (Å²) in [6.07, 6.45) is 2.32. The summed E-state index contributed by atoms with van der Waals surface area (Å²) in [7, 11) is 1.99. The lowest BCUT2D eigenvalue weighted by Crippen LogP contribution is -2.27. The molecule has 2 heterocycles. The molecule has 0 amide bonds. The van der Waals surface area contributed by atoms with Gasteiger partial charge in [0.25, 0.3) is 0 Å². The molecule has 0 aliphatic carbocycles. The van der Waals surface area contributed by atoms with E-state index in [0.29, 0.717) is 12.0 Å². The van der Waals surface area contributed by atoms with Gasteiger partial charge in [-0.05, 0) is 33.9 Å². The zero-order valence-corrected chi connectivity index (χ0v) is 11.9. The van der Waals surface area contributed by atoms with Crippen molar-refractivity contribution in [1.82, 2.24) is 15.2 Å². The molecule has 1 N–H and O–H groups in total. The third kappa shape index (κ3) is 3.27. The number of thiazole rings is 1. The summed E-state index contributed by atoms with van der Waals surface area (Å²) < 4.78 is 0. The zero-order chi connectivity index (χ0) is 12.3. The third-order valence-corrected chi connectivity index (χ3v) is 4.56. The standard InChI is InChI=1S/C13H23N3S/c1-10(2)16-7-5-11(8-16)13-15-12(9-17-13)4-6-14-3/h9-11,14H,4-8H2,1-3H3. The number of hydrogen-bond acceptors (Lipinski definition) is 4. The predicted octanol–water partition coefficient (Wildman–Crippen LogP) is 2.10. The average molecular weight is 253 g/mol. The zero-order valence-electron chi connectivity index (χ0n) is 11.1. The van der Waals surface area contributed by atoms with Gasteiger partial charge < -0.3 is 10.2 Å². The largest absolute Gasteiger partial charge is 0.319 e. The van der Waals surface area contributed by atoms with E-state index in [1.54, 1.807) is 0 Å². The van der Waals surface area contributed by atoms with Gasteiger partial charge in [0.2, 0.25) is 0 Å². The second kappa shape index (κ2) is 5.94. The van der Waals surface area contributed by atoms with Gasteiger partial charge in [-0.1, -0.05) is 0 Å². The van der Waals surface area contributed by atoms with Gasteiger partial charge in [0.1, 0.15) is 0 Å². The fourth-order valence-electron chi connectivity index (χ4n) is 2.34.